The van der Waals surface area contributed by atoms with Gasteiger partial charge in [-0.1, -0.05) is 25.8 Å². The Labute approximate surface area is 229 Å². The monoisotopic (exact) mass is 608 g/mol. The van der Waals surface area contributed by atoms with E-state index in [9.17, 15) is 4.79 Å². The number of rotatable bonds is 8. The molecule has 3 rings (SSSR count). The third-order valence-electron chi connectivity index (χ3n) is 5.68. The van der Waals surface area contributed by atoms with Crippen molar-refractivity contribution in [3.05, 3.63) is 57.6 Å². The Bertz CT molecular complexity index is 1200. The van der Waals surface area contributed by atoms with Crippen molar-refractivity contribution in [2.45, 2.75) is 79.4 Å². The van der Waals surface area contributed by atoms with Gasteiger partial charge < -0.3 is 9.30 Å². The van der Waals surface area contributed by atoms with E-state index in [1.807, 2.05) is 23.7 Å². The normalized spacial score (nSPS) is 11.9. The average molecular weight is 609 g/mol. The topological polar surface area (TPSA) is 80.0 Å². The molecule has 0 saturated carbocycles. The smallest absolute Gasteiger partial charge is 0.413 e. The fraction of sp³-hybridized carbons (Fsp3) is 0.444. The molecule has 0 aliphatic rings. The summed E-state index contributed by atoms with van der Waals surface area (Å²) in [4.78, 5) is 17.9. The van der Waals surface area contributed by atoms with Crippen molar-refractivity contribution in [1.82, 2.24) is 14.9 Å². The zero-order valence-corrected chi connectivity index (χ0v) is 24.7. The van der Waals surface area contributed by atoms with Gasteiger partial charge in [0.15, 0.2) is 0 Å². The summed E-state index contributed by atoms with van der Waals surface area (Å²) in [5.41, 5.74) is 6.02. The Balaban J connectivity index is 0.00000432. The number of carbonyl (C=O) groups is 1. The number of hydrogen-bond donors (Lipinski definition) is 2. The molecule has 190 valence electrons. The van der Waals surface area contributed by atoms with Crippen molar-refractivity contribution in [3.8, 4) is 0 Å². The van der Waals surface area contributed by atoms with Crippen molar-refractivity contribution < 1.29 is 9.53 Å². The minimum Gasteiger partial charge on any atom is -0.444 e. The first-order valence-electron chi connectivity index (χ1n) is 11.9. The molecule has 8 heteroatoms. The van der Waals surface area contributed by atoms with E-state index in [4.69, 9.17) is 15.1 Å². The molecule has 0 aliphatic carbocycles. The first kappa shape index (κ1) is 29.0. The fourth-order valence-electron chi connectivity index (χ4n) is 4.09. The fourth-order valence-corrected chi connectivity index (χ4v) is 4.95. The molecule has 0 unspecified atom stereocenters. The molecule has 2 N–H and O–H groups in total. The van der Waals surface area contributed by atoms with Crippen molar-refractivity contribution in [2.24, 2.45) is 0 Å². The van der Waals surface area contributed by atoms with Crippen molar-refractivity contribution in [2.75, 3.05) is 0 Å². The number of nitrogens with zero attached hydrogens (tertiary/aromatic N) is 2. The second-order valence-corrected chi connectivity index (χ2v) is 10.5. The second kappa shape index (κ2) is 12.7. The number of alkyl carbamates (subject to hydrolysis) is 1. The number of amides is 1. The van der Waals surface area contributed by atoms with Gasteiger partial charge in [0.2, 0.25) is 0 Å². The Morgan fingerprint density at radius 2 is 2.06 bits per heavy atom. The number of carbonyl (C=O) groups excluding carboxylic acids is 1. The van der Waals surface area contributed by atoms with Crippen LogP contribution < -0.4 is 5.32 Å². The van der Waals surface area contributed by atoms with Gasteiger partial charge in [0, 0.05) is 33.3 Å². The van der Waals surface area contributed by atoms with E-state index in [1.54, 1.807) is 32.1 Å². The lowest BCUT2D eigenvalue weighted by atomic mass is 9.99. The highest BCUT2D eigenvalue weighted by atomic mass is 127. The first-order valence-corrected chi connectivity index (χ1v) is 12.8. The highest BCUT2D eigenvalue weighted by molar-refractivity contribution is 14.0. The van der Waals surface area contributed by atoms with Crippen molar-refractivity contribution in [3.63, 3.8) is 0 Å². The number of amidine groups is 1. The first-order chi connectivity index (χ1) is 16.1. The van der Waals surface area contributed by atoms with Gasteiger partial charge in [-0.3, -0.25) is 15.7 Å². The number of hydrogen-bond acceptors (Lipinski definition) is 5. The quantitative estimate of drug-likeness (QED) is 0.118. The van der Waals surface area contributed by atoms with Crippen LogP contribution in [-0.2, 0) is 11.3 Å². The lowest BCUT2D eigenvalue weighted by molar-refractivity contribution is 0.0563. The SMILES string of the molecule is CC=C(CCCCC)c1c(C)n(Cc2cc(C(=N)NC(=O)OC(C)(C)C)cs2)c2cccnc12.I. The maximum absolute atomic E-state index is 12.0. The number of allylic oxidation sites excluding steroid dienone is 2. The molecule has 35 heavy (non-hydrogen) atoms. The minimum absolute atomic E-state index is 0. The molecular formula is C27H37IN4O2S. The summed E-state index contributed by atoms with van der Waals surface area (Å²) in [6, 6.07) is 6.07. The highest BCUT2D eigenvalue weighted by Gasteiger charge is 2.20. The van der Waals surface area contributed by atoms with Crippen LogP contribution in [0.1, 0.15) is 82.0 Å². The van der Waals surface area contributed by atoms with Gasteiger partial charge in [0.25, 0.3) is 0 Å². The molecule has 0 aliphatic heterocycles. The van der Waals surface area contributed by atoms with Crippen LogP contribution in [0.3, 0.4) is 0 Å². The van der Waals surface area contributed by atoms with Crippen LogP contribution in [0, 0.1) is 12.3 Å². The van der Waals surface area contributed by atoms with Gasteiger partial charge in [0.1, 0.15) is 11.4 Å². The predicted octanol–water partition coefficient (Wildman–Crippen LogP) is 7.91. The zero-order valence-electron chi connectivity index (χ0n) is 21.5. The minimum atomic E-state index is -0.616. The molecule has 0 aromatic carbocycles. The number of nitrogens with one attached hydrogen (secondary N) is 2. The predicted molar refractivity (Wildman–Crippen MR) is 157 cm³/mol. The van der Waals surface area contributed by atoms with Gasteiger partial charge in [0.05, 0.1) is 17.6 Å². The van der Waals surface area contributed by atoms with E-state index in [-0.39, 0.29) is 29.8 Å². The molecule has 0 atom stereocenters. The summed E-state index contributed by atoms with van der Waals surface area (Å²) in [5.74, 6) is 0.0420. The number of halogens is 1. The van der Waals surface area contributed by atoms with E-state index >= 15 is 0 Å². The lowest BCUT2D eigenvalue weighted by Gasteiger charge is -2.19. The molecule has 3 heterocycles. The van der Waals surface area contributed by atoms with Gasteiger partial charge in [-0.05, 0) is 71.2 Å². The van der Waals surface area contributed by atoms with E-state index in [2.05, 4.69) is 42.8 Å². The summed E-state index contributed by atoms with van der Waals surface area (Å²) in [6.45, 7) is 12.6. The summed E-state index contributed by atoms with van der Waals surface area (Å²) in [7, 11) is 0. The van der Waals surface area contributed by atoms with Gasteiger partial charge in [-0.25, -0.2) is 4.79 Å². The molecule has 1 amide bonds. The molecule has 0 saturated heterocycles. The third kappa shape index (κ3) is 7.39. The molecule has 0 bridgehead atoms. The summed E-state index contributed by atoms with van der Waals surface area (Å²) in [6.07, 6.45) is 8.13. The number of fused-ring (bicyclic) bond motifs is 1. The average Bonchev–Trinajstić information content (AvgIpc) is 3.34. The summed E-state index contributed by atoms with van der Waals surface area (Å²) >= 11 is 1.58. The number of ether oxygens (including phenoxy) is 1. The van der Waals surface area contributed by atoms with E-state index < -0.39 is 11.7 Å². The summed E-state index contributed by atoms with van der Waals surface area (Å²) in [5, 5.41) is 12.7. The maximum Gasteiger partial charge on any atom is 0.413 e. The molecular weight excluding hydrogens is 571 g/mol. The molecule has 6 nitrogen and oxygen atoms in total. The second-order valence-electron chi connectivity index (χ2n) is 9.49. The Morgan fingerprint density at radius 3 is 2.71 bits per heavy atom. The van der Waals surface area contributed by atoms with Crippen LogP contribution in [0.15, 0.2) is 35.9 Å². The van der Waals surface area contributed by atoms with Crippen LogP contribution in [-0.4, -0.2) is 27.1 Å². The number of thiophene rings is 1. The Kier molecular flexibility index (Phi) is 10.5. The molecule has 0 spiro atoms. The van der Waals surface area contributed by atoms with Crippen molar-refractivity contribution >= 4 is 63.8 Å². The number of pyridine rings is 1. The molecule has 3 aromatic heterocycles. The van der Waals surface area contributed by atoms with Crippen LogP contribution >= 0.6 is 35.3 Å². The van der Waals surface area contributed by atoms with Gasteiger partial charge >= 0.3 is 6.09 Å². The molecule has 0 fully saturated rings. The lowest BCUT2D eigenvalue weighted by Crippen LogP contribution is -2.36. The van der Waals surface area contributed by atoms with Crippen molar-refractivity contribution in [1.29, 1.82) is 5.41 Å². The van der Waals surface area contributed by atoms with Gasteiger partial charge in [-0.15, -0.1) is 35.3 Å². The summed E-state index contributed by atoms with van der Waals surface area (Å²) < 4.78 is 7.57. The van der Waals surface area contributed by atoms with Crippen LogP contribution in [0.25, 0.3) is 16.6 Å². The van der Waals surface area contributed by atoms with Gasteiger partial charge in [-0.2, -0.15) is 0 Å². The van der Waals surface area contributed by atoms with E-state index in [1.165, 1.54) is 36.1 Å². The number of aromatic nitrogens is 2. The maximum atomic E-state index is 12.0. The standard InChI is InChI=1S/C27H36N4O2S.HI/c1-7-9-10-12-19(8-2)23-18(3)31(22-13-11-14-29-24(22)23)16-21-15-20(17-34-21)25(28)30-26(32)33-27(4,5)6;/h8,11,13-15,17H,7,9-10,12,16H2,1-6H3,(H2,28,30,32);1H. The van der Waals surface area contributed by atoms with E-state index in [0.29, 0.717) is 12.1 Å². The zero-order chi connectivity index (χ0) is 24.9. The molecule has 3 aromatic rings. The third-order valence-corrected chi connectivity index (χ3v) is 6.60. The highest BCUT2D eigenvalue weighted by Crippen LogP contribution is 2.34. The van der Waals surface area contributed by atoms with Crippen LogP contribution in [0.5, 0.6) is 0 Å². The molecule has 0 radical (unpaired) electrons. The number of unbranched alkanes of at least 4 members (excludes halogenated alkanes) is 2. The van der Waals surface area contributed by atoms with E-state index in [0.717, 1.165) is 22.3 Å². The largest absolute Gasteiger partial charge is 0.444 e. The van der Waals surface area contributed by atoms with Crippen LogP contribution in [0.4, 0.5) is 4.79 Å². The Hall–Kier alpha value is -2.20. The van der Waals surface area contributed by atoms with Crippen LogP contribution in [0.2, 0.25) is 0 Å². The Morgan fingerprint density at radius 1 is 1.31 bits per heavy atom.